The summed E-state index contributed by atoms with van der Waals surface area (Å²) in [6.07, 6.45) is 6.06. The lowest BCUT2D eigenvalue weighted by molar-refractivity contribution is 0.102. The van der Waals surface area contributed by atoms with E-state index in [1.807, 2.05) is 43.3 Å². The lowest BCUT2D eigenvalue weighted by Gasteiger charge is -2.38. The monoisotopic (exact) mass is 494 g/mol. The van der Waals surface area contributed by atoms with Gasteiger partial charge in [-0.05, 0) is 69.0 Å². The normalized spacial score (nSPS) is 21.6. The molecule has 2 aliphatic rings. The molecule has 0 radical (unpaired) electrons. The molecule has 5 heterocycles. The van der Waals surface area contributed by atoms with Crippen molar-refractivity contribution in [2.45, 2.75) is 57.2 Å². The highest BCUT2D eigenvalue weighted by Crippen LogP contribution is 2.45. The molecule has 0 saturated carbocycles. The first-order chi connectivity index (χ1) is 18.1. The van der Waals surface area contributed by atoms with Crippen LogP contribution in [0.5, 0.6) is 0 Å². The van der Waals surface area contributed by atoms with Crippen molar-refractivity contribution in [1.82, 2.24) is 30.3 Å². The zero-order chi connectivity index (χ0) is 24.9. The highest BCUT2D eigenvalue weighted by atomic mass is 19.1. The summed E-state index contributed by atoms with van der Waals surface area (Å²) in [5.41, 5.74) is 5.38. The summed E-state index contributed by atoms with van der Waals surface area (Å²) < 4.78 is 20.7. The quantitative estimate of drug-likeness (QED) is 0.321. The van der Waals surface area contributed by atoms with Gasteiger partial charge in [-0.1, -0.05) is 18.2 Å². The molecule has 1 N–H and O–H groups in total. The molecule has 7 nitrogen and oxygen atoms in total. The first-order valence-corrected chi connectivity index (χ1v) is 12.9. The predicted molar refractivity (Wildman–Crippen MR) is 138 cm³/mol. The van der Waals surface area contributed by atoms with E-state index in [1.165, 1.54) is 0 Å². The Balaban J connectivity index is 1.18. The number of hydrogen-bond donors (Lipinski definition) is 1. The van der Waals surface area contributed by atoms with Gasteiger partial charge in [0.05, 0.1) is 11.4 Å². The van der Waals surface area contributed by atoms with E-state index in [2.05, 4.69) is 36.3 Å². The molecule has 8 heteroatoms. The van der Waals surface area contributed by atoms with Crippen LogP contribution in [0, 0.1) is 12.7 Å². The van der Waals surface area contributed by atoms with Crippen LogP contribution in [0.25, 0.3) is 33.6 Å². The average molecular weight is 495 g/mol. The number of H-pyrrole nitrogens is 1. The maximum absolute atomic E-state index is 14.4. The topological polar surface area (TPSA) is 83.7 Å². The first-order valence-electron chi connectivity index (χ1n) is 12.9. The number of aromatic amines is 1. The van der Waals surface area contributed by atoms with Crippen LogP contribution >= 0.6 is 0 Å². The van der Waals surface area contributed by atoms with Crippen LogP contribution < -0.4 is 0 Å². The fourth-order valence-electron chi connectivity index (χ4n) is 6.19. The summed E-state index contributed by atoms with van der Waals surface area (Å²) in [7, 11) is 0. The van der Waals surface area contributed by atoms with Crippen molar-refractivity contribution in [2.75, 3.05) is 0 Å². The van der Waals surface area contributed by atoms with E-state index < -0.39 is 0 Å². The van der Waals surface area contributed by atoms with Gasteiger partial charge in [0.1, 0.15) is 11.5 Å². The Kier molecular flexibility index (Phi) is 5.35. The number of piperidine rings is 1. The van der Waals surface area contributed by atoms with Crippen LogP contribution in [0.3, 0.4) is 0 Å². The van der Waals surface area contributed by atoms with Crippen LogP contribution in [0.1, 0.15) is 48.7 Å². The number of aromatic nitrogens is 5. The Morgan fingerprint density at radius 1 is 1.00 bits per heavy atom. The minimum atomic E-state index is -0.139. The van der Waals surface area contributed by atoms with Gasteiger partial charge in [-0.3, -0.25) is 15.0 Å². The third kappa shape index (κ3) is 3.92. The SMILES string of the molecule is Cc1cc(-c2n[nH]c3ccc(-c4nnc([C@H]5CC[C@@H]6CC[C@H]5N6Cc5ccccc5F)o4)cc23)ccn1. The van der Waals surface area contributed by atoms with Gasteiger partial charge < -0.3 is 4.42 Å². The van der Waals surface area contributed by atoms with Crippen molar-refractivity contribution in [1.29, 1.82) is 0 Å². The number of aryl methyl sites for hydroxylation is 1. The number of rotatable bonds is 5. The Morgan fingerprint density at radius 2 is 1.89 bits per heavy atom. The van der Waals surface area contributed by atoms with Crippen LogP contribution in [0.15, 0.2) is 65.2 Å². The predicted octanol–water partition coefficient (Wildman–Crippen LogP) is 6.03. The van der Waals surface area contributed by atoms with Crippen LogP contribution in [-0.2, 0) is 6.54 Å². The van der Waals surface area contributed by atoms with Gasteiger partial charge in [-0.25, -0.2) is 4.39 Å². The molecule has 2 bridgehead atoms. The number of hydrogen-bond acceptors (Lipinski definition) is 6. The third-order valence-corrected chi connectivity index (χ3v) is 8.01. The standard InChI is InChI=1S/C29H27FN6O/c1-17-14-18(12-13-31-17)27-23-15-19(6-10-25(23)32-33-27)28-34-35-29(37-28)22-9-7-21-8-11-26(22)36(21)16-20-4-2-3-5-24(20)30/h2-6,10,12-15,21-22,26H,7-9,11,16H2,1H3,(H,32,33)/t21-,22+,26-/m1/s1. The molecular formula is C29H27FN6O. The second-order valence-corrected chi connectivity index (χ2v) is 10.2. The number of pyridine rings is 1. The lowest BCUT2D eigenvalue weighted by atomic mass is 9.89. The molecule has 0 spiro atoms. The van der Waals surface area contributed by atoms with Gasteiger partial charge in [0.15, 0.2) is 0 Å². The van der Waals surface area contributed by atoms with Crippen molar-refractivity contribution < 1.29 is 8.81 Å². The smallest absolute Gasteiger partial charge is 0.247 e. The molecule has 3 atom stereocenters. The minimum absolute atomic E-state index is 0.139. The van der Waals surface area contributed by atoms with Crippen LogP contribution in [-0.4, -0.2) is 42.4 Å². The molecule has 3 aromatic heterocycles. The first kappa shape index (κ1) is 22.3. The summed E-state index contributed by atoms with van der Waals surface area (Å²) in [6, 6.07) is 17.9. The molecule has 2 aromatic carbocycles. The van der Waals surface area contributed by atoms with E-state index in [0.29, 0.717) is 24.4 Å². The largest absolute Gasteiger partial charge is 0.420 e. The van der Waals surface area contributed by atoms with E-state index in [0.717, 1.165) is 64.7 Å². The van der Waals surface area contributed by atoms with Crippen molar-refractivity contribution in [2.24, 2.45) is 0 Å². The second-order valence-electron chi connectivity index (χ2n) is 10.2. The average Bonchev–Trinajstić information content (AvgIpc) is 3.62. The van der Waals surface area contributed by atoms with E-state index in [-0.39, 0.29) is 17.8 Å². The fraction of sp³-hybridized carbons (Fsp3) is 0.310. The van der Waals surface area contributed by atoms with Crippen LogP contribution in [0.4, 0.5) is 4.39 Å². The van der Waals surface area contributed by atoms with Gasteiger partial charge in [-0.15, -0.1) is 10.2 Å². The van der Waals surface area contributed by atoms with Gasteiger partial charge in [-0.2, -0.15) is 5.10 Å². The number of nitrogens with zero attached hydrogens (tertiary/aromatic N) is 5. The molecule has 2 saturated heterocycles. The highest BCUT2D eigenvalue weighted by molar-refractivity contribution is 5.95. The summed E-state index contributed by atoms with van der Waals surface area (Å²) in [4.78, 5) is 6.75. The molecule has 186 valence electrons. The molecule has 37 heavy (non-hydrogen) atoms. The summed E-state index contributed by atoms with van der Waals surface area (Å²) in [5.74, 6) is 1.20. The van der Waals surface area contributed by atoms with Crippen molar-refractivity contribution in [3.8, 4) is 22.7 Å². The minimum Gasteiger partial charge on any atom is -0.420 e. The summed E-state index contributed by atoms with van der Waals surface area (Å²) >= 11 is 0. The van der Waals surface area contributed by atoms with Crippen molar-refractivity contribution >= 4 is 10.9 Å². The van der Waals surface area contributed by atoms with Gasteiger partial charge in [0.2, 0.25) is 11.8 Å². The molecule has 7 rings (SSSR count). The van der Waals surface area contributed by atoms with Crippen molar-refractivity contribution in [3.05, 3.63) is 83.8 Å². The highest BCUT2D eigenvalue weighted by Gasteiger charge is 2.45. The van der Waals surface area contributed by atoms with E-state index in [1.54, 1.807) is 18.3 Å². The molecule has 0 unspecified atom stereocenters. The summed E-state index contributed by atoms with van der Waals surface area (Å²) in [5, 5.41) is 17.6. The number of halogens is 1. The maximum atomic E-state index is 14.4. The third-order valence-electron chi connectivity index (χ3n) is 8.01. The number of benzene rings is 2. The number of fused-ring (bicyclic) bond motifs is 3. The molecule has 0 amide bonds. The Labute approximate surface area is 213 Å². The van der Waals surface area contributed by atoms with Gasteiger partial charge in [0, 0.05) is 52.6 Å². The van der Waals surface area contributed by atoms with Gasteiger partial charge in [0.25, 0.3) is 0 Å². The summed E-state index contributed by atoms with van der Waals surface area (Å²) in [6.45, 7) is 2.59. The molecule has 2 fully saturated rings. The number of nitrogens with one attached hydrogen (secondary N) is 1. The Morgan fingerprint density at radius 3 is 2.78 bits per heavy atom. The van der Waals surface area contributed by atoms with Gasteiger partial charge >= 0.3 is 0 Å². The molecular weight excluding hydrogens is 467 g/mol. The lowest BCUT2D eigenvalue weighted by Crippen LogP contribution is -2.43. The van der Waals surface area contributed by atoms with E-state index >= 15 is 0 Å². The van der Waals surface area contributed by atoms with Crippen LogP contribution in [0.2, 0.25) is 0 Å². The Hall–Kier alpha value is -3.91. The fourth-order valence-corrected chi connectivity index (χ4v) is 6.19. The zero-order valence-corrected chi connectivity index (χ0v) is 20.6. The molecule has 0 aliphatic carbocycles. The molecule has 2 aliphatic heterocycles. The maximum Gasteiger partial charge on any atom is 0.247 e. The Bertz CT molecular complexity index is 1590. The van der Waals surface area contributed by atoms with E-state index in [4.69, 9.17) is 4.42 Å². The van der Waals surface area contributed by atoms with Crippen molar-refractivity contribution in [3.63, 3.8) is 0 Å². The zero-order valence-electron chi connectivity index (χ0n) is 20.6. The second kappa shape index (κ2) is 8.88. The van der Waals surface area contributed by atoms with E-state index in [9.17, 15) is 4.39 Å². The molecule has 5 aromatic rings.